The Bertz CT molecular complexity index is 1160. The second-order valence-corrected chi connectivity index (χ2v) is 9.95. The molecule has 28 heavy (non-hydrogen) atoms. The van der Waals surface area contributed by atoms with Crippen molar-refractivity contribution >= 4 is 0 Å². The zero-order chi connectivity index (χ0) is 20.7. The Balaban J connectivity index is 2.17. The normalized spacial score (nSPS) is 26.1. The molecule has 2 unspecified atom stereocenters. The van der Waals surface area contributed by atoms with Crippen LogP contribution in [0.4, 0.5) is 0 Å². The number of allylic oxidation sites excluding steroid dienone is 1. The van der Waals surface area contributed by atoms with E-state index in [1.54, 1.807) is 28.9 Å². The molecule has 2 bridgehead atoms. The van der Waals surface area contributed by atoms with Crippen LogP contribution in [0.3, 0.4) is 0 Å². The van der Waals surface area contributed by atoms with Gasteiger partial charge in [0, 0.05) is 5.57 Å². The molecule has 2 heterocycles. The summed E-state index contributed by atoms with van der Waals surface area (Å²) in [5.74, 6) is 0. The number of para-hydroxylation sites is 1. The summed E-state index contributed by atoms with van der Waals surface area (Å²) >= 11 is 0. The summed E-state index contributed by atoms with van der Waals surface area (Å²) in [5, 5.41) is 0. The number of aromatic nitrogens is 3. The highest BCUT2D eigenvalue weighted by Gasteiger charge is 2.71. The summed E-state index contributed by atoms with van der Waals surface area (Å²) in [5.41, 5.74) is -1.95. The smallest absolute Gasteiger partial charge is 0.280 e. The van der Waals surface area contributed by atoms with Gasteiger partial charge in [-0.3, -0.25) is 4.85 Å². The molecule has 2 aromatic rings. The molecule has 0 N–H and O–H groups in total. The monoisotopic (exact) mass is 378 g/mol. The molecular formula is C22H26N4O2. The second kappa shape index (κ2) is 5.16. The largest absolute Gasteiger partial charge is 0.358 e. The first-order valence-corrected chi connectivity index (χ1v) is 9.57. The van der Waals surface area contributed by atoms with Gasteiger partial charge in [-0.1, -0.05) is 59.7 Å². The third kappa shape index (κ3) is 1.97. The van der Waals surface area contributed by atoms with E-state index in [0.717, 1.165) is 5.57 Å². The van der Waals surface area contributed by atoms with Crippen molar-refractivity contribution in [2.45, 2.75) is 59.2 Å². The van der Waals surface area contributed by atoms with Crippen LogP contribution < -0.4 is 11.4 Å². The summed E-state index contributed by atoms with van der Waals surface area (Å²) in [6.45, 7) is 20.5. The predicted molar refractivity (Wildman–Crippen MR) is 108 cm³/mol. The van der Waals surface area contributed by atoms with Crippen molar-refractivity contribution in [3.8, 4) is 5.69 Å². The van der Waals surface area contributed by atoms with E-state index < -0.39 is 16.9 Å². The summed E-state index contributed by atoms with van der Waals surface area (Å²) in [7, 11) is 0. The minimum absolute atomic E-state index is 0.298. The molecule has 4 rings (SSSR count). The fourth-order valence-corrected chi connectivity index (χ4v) is 4.88. The Morgan fingerprint density at radius 2 is 1.54 bits per heavy atom. The van der Waals surface area contributed by atoms with Crippen LogP contribution in [0.1, 0.15) is 48.0 Å². The summed E-state index contributed by atoms with van der Waals surface area (Å²) in [6.07, 6.45) is 2.51. The molecule has 1 aliphatic heterocycles. The second-order valence-electron chi connectivity index (χ2n) is 9.95. The van der Waals surface area contributed by atoms with Gasteiger partial charge in [-0.05, 0) is 29.0 Å². The minimum atomic E-state index is -1.16. The van der Waals surface area contributed by atoms with Gasteiger partial charge in [0.25, 0.3) is 0 Å². The van der Waals surface area contributed by atoms with Crippen molar-refractivity contribution in [3.05, 3.63) is 74.4 Å². The summed E-state index contributed by atoms with van der Waals surface area (Å²) in [6, 6.07) is 8.93. The molecular weight excluding hydrogens is 352 g/mol. The van der Waals surface area contributed by atoms with Gasteiger partial charge >= 0.3 is 17.0 Å². The Morgan fingerprint density at radius 1 is 0.964 bits per heavy atom. The van der Waals surface area contributed by atoms with Gasteiger partial charge < -0.3 is 0 Å². The molecule has 0 fully saturated rings. The maximum Gasteiger partial charge on any atom is 0.358 e. The average molecular weight is 378 g/mol. The molecule has 0 amide bonds. The number of hydrogen-bond acceptors (Lipinski definition) is 2. The lowest BCUT2D eigenvalue weighted by Crippen LogP contribution is -2.48. The highest BCUT2D eigenvalue weighted by Crippen LogP contribution is 2.61. The maximum atomic E-state index is 13.5. The van der Waals surface area contributed by atoms with Crippen molar-refractivity contribution in [2.75, 3.05) is 0 Å². The molecule has 1 aromatic carbocycles. The van der Waals surface area contributed by atoms with Crippen LogP contribution in [0.15, 0.2) is 51.6 Å². The van der Waals surface area contributed by atoms with E-state index in [1.165, 1.54) is 9.25 Å². The van der Waals surface area contributed by atoms with Crippen LogP contribution in [0.2, 0.25) is 0 Å². The van der Waals surface area contributed by atoms with Gasteiger partial charge in [0.2, 0.25) is 0 Å². The van der Waals surface area contributed by atoms with Crippen molar-refractivity contribution < 1.29 is 0 Å². The topological polar surface area (TPSA) is 53.3 Å². The number of fused-ring (bicyclic) bond motifs is 5. The first-order valence-electron chi connectivity index (χ1n) is 9.57. The number of nitrogens with zero attached hydrogens (tertiary/aromatic N) is 4. The van der Waals surface area contributed by atoms with E-state index in [0.29, 0.717) is 12.1 Å². The number of benzene rings is 1. The molecule has 1 aromatic heterocycles. The molecule has 0 saturated heterocycles. The van der Waals surface area contributed by atoms with Crippen molar-refractivity contribution in [2.24, 2.45) is 10.8 Å². The third-order valence-corrected chi connectivity index (χ3v) is 6.31. The van der Waals surface area contributed by atoms with Gasteiger partial charge in [0.05, 0.1) is 12.1 Å². The highest BCUT2D eigenvalue weighted by molar-refractivity contribution is 5.43. The van der Waals surface area contributed by atoms with E-state index in [-0.39, 0.29) is 16.5 Å². The minimum Gasteiger partial charge on any atom is -0.280 e. The molecule has 6 heteroatoms. The first-order chi connectivity index (χ1) is 12.9. The van der Waals surface area contributed by atoms with Gasteiger partial charge in [-0.2, -0.15) is 0 Å². The molecule has 0 radical (unpaired) electrons. The average Bonchev–Trinajstić information content (AvgIpc) is 3.21. The lowest BCUT2D eigenvalue weighted by molar-refractivity contribution is 0.149. The van der Waals surface area contributed by atoms with E-state index in [9.17, 15) is 9.59 Å². The fourth-order valence-electron chi connectivity index (χ4n) is 4.88. The Morgan fingerprint density at radius 3 is 2.04 bits per heavy atom. The number of hydrogen-bond donors (Lipinski definition) is 0. The first kappa shape index (κ1) is 18.5. The SMILES string of the molecule is [C-]#[N+]C12CC(C(C)(C)C)(C=C1C(C)(C)C)n1c(=O)n(-c3ccccc3)c(=O)n12. The van der Waals surface area contributed by atoms with Gasteiger partial charge in [0.15, 0.2) is 0 Å². The molecule has 6 nitrogen and oxygen atoms in total. The Hall–Kier alpha value is -2.81. The van der Waals surface area contributed by atoms with E-state index in [1.807, 2.05) is 6.07 Å². The van der Waals surface area contributed by atoms with E-state index in [2.05, 4.69) is 52.5 Å². The lowest BCUT2D eigenvalue weighted by atomic mass is 9.73. The zero-order valence-corrected chi connectivity index (χ0v) is 17.3. The Kier molecular flexibility index (Phi) is 3.42. The van der Waals surface area contributed by atoms with Gasteiger partial charge in [0.1, 0.15) is 5.54 Å². The predicted octanol–water partition coefficient (Wildman–Crippen LogP) is 3.50. The van der Waals surface area contributed by atoms with Crippen LogP contribution in [-0.4, -0.2) is 13.9 Å². The Labute approximate surface area is 164 Å². The van der Waals surface area contributed by atoms with E-state index >= 15 is 0 Å². The van der Waals surface area contributed by atoms with Crippen molar-refractivity contribution in [3.63, 3.8) is 0 Å². The summed E-state index contributed by atoms with van der Waals surface area (Å²) in [4.78, 5) is 31.0. The van der Waals surface area contributed by atoms with E-state index in [4.69, 9.17) is 6.57 Å². The van der Waals surface area contributed by atoms with Gasteiger partial charge in [-0.15, -0.1) is 4.68 Å². The quantitative estimate of drug-likeness (QED) is 0.563. The van der Waals surface area contributed by atoms with Crippen molar-refractivity contribution in [1.29, 1.82) is 0 Å². The zero-order valence-electron chi connectivity index (χ0n) is 17.3. The van der Waals surface area contributed by atoms with Gasteiger partial charge in [-0.25, -0.2) is 25.4 Å². The van der Waals surface area contributed by atoms with Crippen molar-refractivity contribution in [1.82, 2.24) is 13.9 Å². The molecule has 146 valence electrons. The molecule has 2 atom stereocenters. The van der Waals surface area contributed by atoms with Crippen LogP contribution >= 0.6 is 0 Å². The molecule has 0 spiro atoms. The third-order valence-electron chi connectivity index (χ3n) is 6.31. The maximum absolute atomic E-state index is 13.5. The van der Waals surface area contributed by atoms with Crippen LogP contribution in [-0.2, 0) is 11.2 Å². The lowest BCUT2D eigenvalue weighted by Gasteiger charge is -2.38. The standard InChI is InChI=1S/C22H26N4O2/c1-19(2,3)16-13-21(20(4,5)6)14-22(16,23-7)26-18(28)24(17(27)25(21)26)15-11-9-8-10-12-15/h8-13H,14H2,1-6H3. The highest BCUT2D eigenvalue weighted by atomic mass is 16.2. The molecule has 1 aliphatic carbocycles. The number of rotatable bonds is 1. The fraction of sp³-hybridized carbons (Fsp3) is 0.500. The molecule has 0 saturated carbocycles. The molecule has 2 aliphatic rings. The van der Waals surface area contributed by atoms with Crippen LogP contribution in [0.5, 0.6) is 0 Å². The van der Waals surface area contributed by atoms with Crippen LogP contribution in [0, 0.1) is 17.4 Å². The van der Waals surface area contributed by atoms with Crippen LogP contribution in [0.25, 0.3) is 10.5 Å². The summed E-state index contributed by atoms with van der Waals surface area (Å²) < 4.78 is 4.18.